The monoisotopic (exact) mass is 142 g/mol. The summed E-state index contributed by atoms with van der Waals surface area (Å²) < 4.78 is 1.09. The van der Waals surface area contributed by atoms with E-state index in [4.69, 9.17) is 5.73 Å². The highest BCUT2D eigenvalue weighted by Crippen LogP contribution is 1.71. The van der Waals surface area contributed by atoms with Crippen molar-refractivity contribution in [1.82, 2.24) is 14.8 Å². The number of primary amides is 1. The van der Waals surface area contributed by atoms with Crippen molar-refractivity contribution in [3.8, 4) is 0 Å². The van der Waals surface area contributed by atoms with E-state index in [-0.39, 0.29) is 6.54 Å². The quantitative estimate of drug-likeness (QED) is 0.502. The molecule has 1 aromatic rings. The van der Waals surface area contributed by atoms with Gasteiger partial charge in [-0.1, -0.05) is 0 Å². The predicted octanol–water partition coefficient (Wildman–Crippen LogP) is -1.94. The second kappa shape index (κ2) is 2.34. The Morgan fingerprint density at radius 2 is 2.60 bits per heavy atom. The molecule has 3 N–H and O–H groups in total. The summed E-state index contributed by atoms with van der Waals surface area (Å²) in [5, 5.41) is 5.52. The lowest BCUT2D eigenvalue weighted by molar-refractivity contribution is -0.118. The predicted molar refractivity (Wildman–Crippen MR) is 32.0 cm³/mol. The average Bonchev–Trinajstić information content (AvgIpc) is 2.15. The molecule has 54 valence electrons. The van der Waals surface area contributed by atoms with Gasteiger partial charge in [-0.25, -0.2) is 9.89 Å². The first-order chi connectivity index (χ1) is 4.70. The van der Waals surface area contributed by atoms with Crippen molar-refractivity contribution < 1.29 is 4.79 Å². The maximum Gasteiger partial charge on any atom is 0.343 e. The van der Waals surface area contributed by atoms with Gasteiger partial charge >= 0.3 is 5.69 Å². The molecule has 1 aromatic heterocycles. The molecule has 0 aliphatic heterocycles. The smallest absolute Gasteiger partial charge is 0.343 e. The minimum atomic E-state index is -0.566. The Morgan fingerprint density at radius 3 is 3.00 bits per heavy atom. The van der Waals surface area contributed by atoms with Crippen molar-refractivity contribution >= 4 is 5.91 Å². The fourth-order valence-electron chi connectivity index (χ4n) is 0.551. The number of H-pyrrole nitrogens is 1. The molecule has 6 nitrogen and oxygen atoms in total. The Balaban J connectivity index is 2.85. The van der Waals surface area contributed by atoms with Crippen molar-refractivity contribution in [2.45, 2.75) is 6.54 Å². The summed E-state index contributed by atoms with van der Waals surface area (Å²) in [6.07, 6.45) is 1.22. The number of amides is 1. The summed E-state index contributed by atoms with van der Waals surface area (Å²) in [6.45, 7) is -0.130. The van der Waals surface area contributed by atoms with Crippen LogP contribution in [0.4, 0.5) is 0 Å². The van der Waals surface area contributed by atoms with Crippen LogP contribution in [0.25, 0.3) is 0 Å². The third kappa shape index (κ3) is 1.22. The molecule has 1 amide bonds. The van der Waals surface area contributed by atoms with Gasteiger partial charge in [-0.3, -0.25) is 9.36 Å². The van der Waals surface area contributed by atoms with Crippen LogP contribution in [0.1, 0.15) is 0 Å². The van der Waals surface area contributed by atoms with Crippen molar-refractivity contribution in [3.63, 3.8) is 0 Å². The van der Waals surface area contributed by atoms with E-state index in [9.17, 15) is 9.59 Å². The molecule has 0 fully saturated rings. The molecule has 0 radical (unpaired) electrons. The van der Waals surface area contributed by atoms with E-state index in [1.54, 1.807) is 0 Å². The minimum Gasteiger partial charge on any atom is -0.368 e. The topological polar surface area (TPSA) is 93.8 Å². The molecule has 6 heteroatoms. The number of carbonyl (C=O) groups excluding carboxylic acids is 1. The van der Waals surface area contributed by atoms with Gasteiger partial charge in [0.05, 0.1) is 0 Å². The summed E-state index contributed by atoms with van der Waals surface area (Å²) in [5.41, 5.74) is 4.38. The van der Waals surface area contributed by atoms with Gasteiger partial charge in [-0.05, 0) is 0 Å². The Bertz CT molecular complexity index is 285. The Kier molecular flexibility index (Phi) is 1.53. The van der Waals surface area contributed by atoms with Crippen molar-refractivity contribution in [2.24, 2.45) is 5.73 Å². The van der Waals surface area contributed by atoms with E-state index in [1.165, 1.54) is 6.33 Å². The van der Waals surface area contributed by atoms with Crippen LogP contribution in [0.15, 0.2) is 11.1 Å². The number of hydrogen-bond donors (Lipinski definition) is 2. The van der Waals surface area contributed by atoms with Crippen LogP contribution < -0.4 is 11.4 Å². The minimum absolute atomic E-state index is 0.130. The number of nitrogens with one attached hydrogen (secondary N) is 1. The number of nitrogens with two attached hydrogens (primary N) is 1. The van der Waals surface area contributed by atoms with E-state index in [0.29, 0.717) is 0 Å². The number of nitrogens with zero attached hydrogens (tertiary/aromatic N) is 2. The highest BCUT2D eigenvalue weighted by Gasteiger charge is 1.98. The van der Waals surface area contributed by atoms with Crippen molar-refractivity contribution in [2.75, 3.05) is 0 Å². The molecule has 0 aromatic carbocycles. The summed E-state index contributed by atoms with van der Waals surface area (Å²) in [5.74, 6) is -0.566. The van der Waals surface area contributed by atoms with Crippen molar-refractivity contribution in [3.05, 3.63) is 16.8 Å². The number of carbonyl (C=O) groups is 1. The maximum atomic E-state index is 10.6. The van der Waals surface area contributed by atoms with Gasteiger partial charge in [0.15, 0.2) is 0 Å². The van der Waals surface area contributed by atoms with Gasteiger partial charge < -0.3 is 5.73 Å². The molecule has 0 spiro atoms. The fraction of sp³-hybridized carbons (Fsp3) is 0.250. The van der Waals surface area contributed by atoms with Crippen LogP contribution in [0.3, 0.4) is 0 Å². The Morgan fingerprint density at radius 1 is 1.90 bits per heavy atom. The molecule has 10 heavy (non-hydrogen) atoms. The lowest BCUT2D eigenvalue weighted by atomic mass is 10.6. The summed E-state index contributed by atoms with van der Waals surface area (Å²) in [6, 6.07) is 0. The molecule has 1 heterocycles. The molecule has 0 saturated heterocycles. The first-order valence-electron chi connectivity index (χ1n) is 2.58. The first-order valence-corrected chi connectivity index (χ1v) is 2.58. The molecule has 0 unspecified atom stereocenters. The fourth-order valence-corrected chi connectivity index (χ4v) is 0.551. The largest absolute Gasteiger partial charge is 0.368 e. The average molecular weight is 142 g/mol. The lowest BCUT2D eigenvalue weighted by Gasteiger charge is -1.90. The second-order valence-electron chi connectivity index (χ2n) is 1.76. The number of rotatable bonds is 2. The summed E-state index contributed by atoms with van der Waals surface area (Å²) >= 11 is 0. The molecule has 0 aliphatic carbocycles. The zero-order valence-electron chi connectivity index (χ0n) is 5.07. The first kappa shape index (κ1) is 6.53. The zero-order valence-corrected chi connectivity index (χ0v) is 5.07. The number of aromatic amines is 1. The highest BCUT2D eigenvalue weighted by atomic mass is 16.2. The number of aromatic nitrogens is 3. The van der Waals surface area contributed by atoms with Gasteiger partial charge in [-0.2, -0.15) is 5.10 Å². The van der Waals surface area contributed by atoms with Crippen LogP contribution in [-0.4, -0.2) is 20.7 Å². The Labute approximate surface area is 55.7 Å². The molecule has 0 atom stereocenters. The van der Waals surface area contributed by atoms with E-state index in [1.807, 2.05) is 0 Å². The van der Waals surface area contributed by atoms with Crippen LogP contribution in [0.5, 0.6) is 0 Å². The van der Waals surface area contributed by atoms with Gasteiger partial charge in [0, 0.05) is 0 Å². The third-order valence-electron chi connectivity index (χ3n) is 0.944. The molecule has 1 rings (SSSR count). The van der Waals surface area contributed by atoms with E-state index in [0.717, 1.165) is 4.57 Å². The van der Waals surface area contributed by atoms with E-state index < -0.39 is 11.6 Å². The maximum absolute atomic E-state index is 10.6. The Hall–Kier alpha value is -1.59. The molecule has 0 saturated carbocycles. The van der Waals surface area contributed by atoms with Gasteiger partial charge in [0.2, 0.25) is 5.91 Å². The number of hydrogen-bond acceptors (Lipinski definition) is 3. The van der Waals surface area contributed by atoms with Gasteiger partial charge in [0.1, 0.15) is 12.9 Å². The molecule has 0 aliphatic rings. The lowest BCUT2D eigenvalue weighted by Crippen LogP contribution is -2.25. The zero-order chi connectivity index (χ0) is 7.56. The van der Waals surface area contributed by atoms with Crippen LogP contribution in [-0.2, 0) is 11.3 Å². The molecular formula is C4H6N4O2. The van der Waals surface area contributed by atoms with Gasteiger partial charge in [-0.15, -0.1) is 0 Å². The SMILES string of the molecule is NC(=O)Cn1cn[nH]c1=O. The summed E-state index contributed by atoms with van der Waals surface area (Å²) in [4.78, 5) is 20.8. The second-order valence-corrected chi connectivity index (χ2v) is 1.76. The van der Waals surface area contributed by atoms with Crippen LogP contribution in [0.2, 0.25) is 0 Å². The third-order valence-corrected chi connectivity index (χ3v) is 0.944. The normalized spacial score (nSPS) is 9.60. The molecule has 0 bridgehead atoms. The van der Waals surface area contributed by atoms with Gasteiger partial charge in [0.25, 0.3) is 0 Å². The van der Waals surface area contributed by atoms with E-state index in [2.05, 4.69) is 10.2 Å². The molecular weight excluding hydrogens is 136 g/mol. The highest BCUT2D eigenvalue weighted by molar-refractivity contribution is 5.73. The van der Waals surface area contributed by atoms with Crippen LogP contribution >= 0.6 is 0 Å². The van der Waals surface area contributed by atoms with Crippen LogP contribution in [0, 0.1) is 0 Å². The van der Waals surface area contributed by atoms with Crippen molar-refractivity contribution in [1.29, 1.82) is 0 Å². The van der Waals surface area contributed by atoms with E-state index >= 15 is 0 Å². The standard InChI is InChI=1S/C4H6N4O2/c5-3(9)1-8-2-6-7-4(8)10/h2H,1H2,(H2,5,9)(H,7,10). The summed E-state index contributed by atoms with van der Waals surface area (Å²) in [7, 11) is 0.